The maximum atomic E-state index is 13.8. The molecule has 24 heavy (non-hydrogen) atoms. The minimum atomic E-state index is -0.335. The Bertz CT molecular complexity index is 602. The fourth-order valence-corrected chi connectivity index (χ4v) is 3.09. The van der Waals surface area contributed by atoms with Crippen LogP contribution in [0, 0.1) is 5.82 Å². The number of anilines is 1. The van der Waals surface area contributed by atoms with Crippen molar-refractivity contribution in [3.8, 4) is 0 Å². The van der Waals surface area contributed by atoms with Crippen LogP contribution in [-0.2, 0) is 9.53 Å². The third-order valence-corrected chi connectivity index (χ3v) is 4.48. The van der Waals surface area contributed by atoms with Crippen LogP contribution in [0.25, 0.3) is 0 Å². The first-order valence-corrected chi connectivity index (χ1v) is 8.34. The van der Waals surface area contributed by atoms with Crippen LogP contribution in [0.1, 0.15) is 12.8 Å². The second-order valence-corrected chi connectivity index (χ2v) is 6.02. The molecule has 0 unspecified atom stereocenters. The molecule has 7 heteroatoms. The maximum absolute atomic E-state index is 13.8. The number of ether oxygens (including phenoxy) is 1. The standard InChI is InChI=1S/C17H22FN3O3/c18-14-4-1-2-5-15(14)19-9-11-20(12-10-19)16(22)6-8-21-7-3-13-24-17(21)23/h1-2,4-5H,3,6-13H2. The predicted octanol–water partition coefficient (Wildman–Crippen LogP) is 1.71. The fraction of sp³-hybridized carbons (Fsp3) is 0.529. The van der Waals surface area contributed by atoms with Gasteiger partial charge in [-0.05, 0) is 18.6 Å². The average molecular weight is 335 g/mol. The predicted molar refractivity (Wildman–Crippen MR) is 87.3 cm³/mol. The van der Waals surface area contributed by atoms with Gasteiger partial charge >= 0.3 is 6.09 Å². The molecule has 1 aromatic carbocycles. The van der Waals surface area contributed by atoms with E-state index in [1.807, 2.05) is 11.0 Å². The number of carbonyl (C=O) groups is 2. The molecule has 2 aliphatic heterocycles. The molecule has 1 aromatic rings. The van der Waals surface area contributed by atoms with Gasteiger partial charge in [-0.3, -0.25) is 4.79 Å². The Labute approximate surface area is 140 Å². The van der Waals surface area contributed by atoms with E-state index in [1.54, 1.807) is 21.9 Å². The Balaban J connectivity index is 1.47. The number of carbonyl (C=O) groups excluding carboxylic acids is 2. The highest BCUT2D eigenvalue weighted by Crippen LogP contribution is 2.20. The van der Waals surface area contributed by atoms with Gasteiger partial charge in [-0.2, -0.15) is 0 Å². The first-order valence-electron chi connectivity index (χ1n) is 8.34. The SMILES string of the molecule is O=C(CCN1CCCOC1=O)N1CCN(c2ccccc2F)CC1. The van der Waals surface area contributed by atoms with Crippen molar-refractivity contribution in [2.45, 2.75) is 12.8 Å². The molecule has 2 saturated heterocycles. The summed E-state index contributed by atoms with van der Waals surface area (Å²) in [6.07, 6.45) is 0.772. The average Bonchev–Trinajstić information content (AvgIpc) is 2.61. The topological polar surface area (TPSA) is 53.1 Å². The van der Waals surface area contributed by atoms with Gasteiger partial charge in [0.2, 0.25) is 5.91 Å². The number of benzene rings is 1. The van der Waals surface area contributed by atoms with E-state index in [-0.39, 0.29) is 17.8 Å². The Morgan fingerprint density at radius 2 is 1.88 bits per heavy atom. The zero-order chi connectivity index (χ0) is 16.9. The van der Waals surface area contributed by atoms with Crippen molar-refractivity contribution in [1.29, 1.82) is 0 Å². The van der Waals surface area contributed by atoms with E-state index in [0.717, 1.165) is 6.42 Å². The summed E-state index contributed by atoms with van der Waals surface area (Å²) in [7, 11) is 0. The lowest BCUT2D eigenvalue weighted by atomic mass is 10.2. The van der Waals surface area contributed by atoms with Crippen LogP contribution in [0.4, 0.5) is 14.9 Å². The van der Waals surface area contributed by atoms with Gasteiger partial charge in [-0.1, -0.05) is 12.1 Å². The van der Waals surface area contributed by atoms with Gasteiger partial charge in [0.05, 0.1) is 12.3 Å². The van der Waals surface area contributed by atoms with Crippen LogP contribution in [0.5, 0.6) is 0 Å². The molecule has 0 spiro atoms. The van der Waals surface area contributed by atoms with Gasteiger partial charge in [-0.15, -0.1) is 0 Å². The number of amides is 2. The summed E-state index contributed by atoms with van der Waals surface area (Å²) < 4.78 is 18.8. The molecule has 0 aromatic heterocycles. The molecule has 2 aliphatic rings. The number of halogens is 1. The van der Waals surface area contributed by atoms with Crippen molar-refractivity contribution in [3.05, 3.63) is 30.1 Å². The zero-order valence-corrected chi connectivity index (χ0v) is 13.6. The van der Waals surface area contributed by atoms with Gasteiger partial charge in [0.25, 0.3) is 0 Å². The van der Waals surface area contributed by atoms with Crippen molar-refractivity contribution < 1.29 is 18.7 Å². The molecular weight excluding hydrogens is 313 g/mol. The number of para-hydroxylation sites is 1. The number of nitrogens with zero attached hydrogens (tertiary/aromatic N) is 3. The van der Waals surface area contributed by atoms with E-state index in [0.29, 0.717) is 58.0 Å². The summed E-state index contributed by atoms with van der Waals surface area (Å²) >= 11 is 0. The first-order chi connectivity index (χ1) is 11.6. The van der Waals surface area contributed by atoms with E-state index in [2.05, 4.69) is 0 Å². The van der Waals surface area contributed by atoms with Crippen molar-refractivity contribution in [2.75, 3.05) is 50.8 Å². The number of hydrogen-bond acceptors (Lipinski definition) is 4. The molecular formula is C17H22FN3O3. The molecule has 0 bridgehead atoms. The Hall–Kier alpha value is -2.31. The Morgan fingerprint density at radius 3 is 2.58 bits per heavy atom. The van der Waals surface area contributed by atoms with Crippen molar-refractivity contribution in [1.82, 2.24) is 9.80 Å². The molecule has 0 radical (unpaired) electrons. The Morgan fingerprint density at radius 1 is 1.12 bits per heavy atom. The summed E-state index contributed by atoms with van der Waals surface area (Å²) in [6.45, 7) is 3.85. The molecule has 130 valence electrons. The summed E-state index contributed by atoms with van der Waals surface area (Å²) in [4.78, 5) is 29.2. The third-order valence-electron chi connectivity index (χ3n) is 4.48. The lowest BCUT2D eigenvalue weighted by Gasteiger charge is -2.36. The first kappa shape index (κ1) is 16.5. The normalized spacial score (nSPS) is 18.5. The molecule has 2 amide bonds. The highest BCUT2D eigenvalue weighted by atomic mass is 19.1. The van der Waals surface area contributed by atoms with E-state index in [9.17, 15) is 14.0 Å². The number of hydrogen-bond donors (Lipinski definition) is 0. The molecule has 2 fully saturated rings. The quantitative estimate of drug-likeness (QED) is 0.840. The maximum Gasteiger partial charge on any atom is 0.409 e. The van der Waals surface area contributed by atoms with Crippen molar-refractivity contribution in [2.24, 2.45) is 0 Å². The zero-order valence-electron chi connectivity index (χ0n) is 13.6. The highest BCUT2D eigenvalue weighted by Gasteiger charge is 2.25. The summed E-state index contributed by atoms with van der Waals surface area (Å²) in [5.41, 5.74) is 0.584. The summed E-state index contributed by atoms with van der Waals surface area (Å²) in [5, 5.41) is 0. The number of rotatable bonds is 4. The third kappa shape index (κ3) is 3.77. The van der Waals surface area contributed by atoms with Crippen LogP contribution in [0.15, 0.2) is 24.3 Å². The highest BCUT2D eigenvalue weighted by molar-refractivity contribution is 5.77. The number of piperazine rings is 1. The molecule has 0 atom stereocenters. The van der Waals surface area contributed by atoms with Gasteiger partial charge < -0.3 is 19.4 Å². The minimum Gasteiger partial charge on any atom is -0.449 e. The van der Waals surface area contributed by atoms with Crippen molar-refractivity contribution in [3.63, 3.8) is 0 Å². The second-order valence-electron chi connectivity index (χ2n) is 6.02. The van der Waals surface area contributed by atoms with Crippen LogP contribution < -0.4 is 4.90 Å². The molecule has 3 rings (SSSR count). The second kappa shape index (κ2) is 7.51. The largest absolute Gasteiger partial charge is 0.449 e. The van der Waals surface area contributed by atoms with E-state index in [4.69, 9.17) is 4.74 Å². The Kier molecular flexibility index (Phi) is 5.17. The molecule has 0 aliphatic carbocycles. The summed E-state index contributed by atoms with van der Waals surface area (Å²) in [6, 6.07) is 6.69. The van der Waals surface area contributed by atoms with Crippen LogP contribution in [-0.4, -0.2) is 67.7 Å². The lowest BCUT2D eigenvalue weighted by molar-refractivity contribution is -0.131. The van der Waals surface area contributed by atoms with Gasteiger partial charge in [0, 0.05) is 45.7 Å². The van der Waals surface area contributed by atoms with Crippen LogP contribution >= 0.6 is 0 Å². The van der Waals surface area contributed by atoms with E-state index in [1.165, 1.54) is 6.07 Å². The smallest absolute Gasteiger partial charge is 0.409 e. The van der Waals surface area contributed by atoms with Gasteiger partial charge in [0.15, 0.2) is 0 Å². The molecule has 0 N–H and O–H groups in total. The fourth-order valence-electron chi connectivity index (χ4n) is 3.09. The molecule has 0 saturated carbocycles. The summed E-state index contributed by atoms with van der Waals surface area (Å²) in [5.74, 6) is -0.206. The minimum absolute atomic E-state index is 0.0292. The molecule has 6 nitrogen and oxygen atoms in total. The van der Waals surface area contributed by atoms with Crippen molar-refractivity contribution >= 4 is 17.7 Å². The van der Waals surface area contributed by atoms with E-state index < -0.39 is 0 Å². The number of cyclic esters (lactones) is 1. The van der Waals surface area contributed by atoms with Crippen LogP contribution in [0.3, 0.4) is 0 Å². The van der Waals surface area contributed by atoms with Gasteiger partial charge in [-0.25, -0.2) is 9.18 Å². The molecule has 2 heterocycles. The van der Waals surface area contributed by atoms with Gasteiger partial charge in [0.1, 0.15) is 5.82 Å². The lowest BCUT2D eigenvalue weighted by Crippen LogP contribution is -2.49. The van der Waals surface area contributed by atoms with Crippen LogP contribution in [0.2, 0.25) is 0 Å². The monoisotopic (exact) mass is 335 g/mol. The van der Waals surface area contributed by atoms with E-state index >= 15 is 0 Å².